The van der Waals surface area contributed by atoms with Crippen LogP contribution in [-0.4, -0.2) is 42.9 Å². The van der Waals surface area contributed by atoms with Gasteiger partial charge >= 0.3 is 6.18 Å². The Balaban J connectivity index is 2.31. The molecule has 0 heterocycles. The molecule has 1 aliphatic rings. The van der Waals surface area contributed by atoms with Gasteiger partial charge in [-0.1, -0.05) is 11.6 Å². The summed E-state index contributed by atoms with van der Waals surface area (Å²) in [6.45, 7) is -1.67. The van der Waals surface area contributed by atoms with Crippen LogP contribution >= 0.6 is 0 Å². The van der Waals surface area contributed by atoms with Crippen molar-refractivity contribution in [1.29, 1.82) is 0 Å². The van der Waals surface area contributed by atoms with Crippen molar-refractivity contribution in [3.63, 3.8) is 0 Å². The van der Waals surface area contributed by atoms with Crippen molar-refractivity contribution < 1.29 is 27.9 Å². The SMILES string of the molecule is NC(=NO)C1(C(=O)NCCOCC(F)(F)F)CCC1. The van der Waals surface area contributed by atoms with E-state index in [9.17, 15) is 18.0 Å². The maximum Gasteiger partial charge on any atom is 0.411 e. The van der Waals surface area contributed by atoms with Crippen LogP contribution in [0.3, 0.4) is 0 Å². The molecule has 1 aliphatic carbocycles. The Morgan fingerprint density at radius 1 is 1.47 bits per heavy atom. The van der Waals surface area contributed by atoms with E-state index in [0.29, 0.717) is 12.8 Å². The number of oxime groups is 1. The number of carbonyl (C=O) groups is 1. The van der Waals surface area contributed by atoms with E-state index in [-0.39, 0.29) is 19.0 Å². The predicted molar refractivity (Wildman–Crippen MR) is 59.6 cm³/mol. The quantitative estimate of drug-likeness (QED) is 0.218. The summed E-state index contributed by atoms with van der Waals surface area (Å²) in [5.41, 5.74) is 4.43. The number of nitrogens with two attached hydrogens (primary N) is 1. The van der Waals surface area contributed by atoms with E-state index in [0.717, 1.165) is 6.42 Å². The van der Waals surface area contributed by atoms with E-state index in [4.69, 9.17) is 10.9 Å². The first kappa shape index (κ1) is 15.5. The number of ether oxygens (including phenoxy) is 1. The van der Waals surface area contributed by atoms with Crippen LogP contribution < -0.4 is 11.1 Å². The number of hydrogen-bond donors (Lipinski definition) is 3. The van der Waals surface area contributed by atoms with Crippen molar-refractivity contribution in [3.8, 4) is 0 Å². The molecule has 9 heteroatoms. The Kier molecular flexibility index (Phi) is 4.98. The average Bonchev–Trinajstić information content (AvgIpc) is 2.25. The van der Waals surface area contributed by atoms with Gasteiger partial charge in [0.2, 0.25) is 5.91 Å². The molecule has 1 rings (SSSR count). The van der Waals surface area contributed by atoms with Gasteiger partial charge in [0.15, 0.2) is 5.84 Å². The minimum atomic E-state index is -4.38. The van der Waals surface area contributed by atoms with Crippen molar-refractivity contribution >= 4 is 11.7 Å². The molecule has 0 aromatic rings. The fourth-order valence-corrected chi connectivity index (χ4v) is 1.82. The van der Waals surface area contributed by atoms with E-state index in [1.807, 2.05) is 0 Å². The fourth-order valence-electron chi connectivity index (χ4n) is 1.82. The Labute approximate surface area is 107 Å². The third-order valence-electron chi connectivity index (χ3n) is 3.04. The molecule has 0 radical (unpaired) electrons. The number of amidine groups is 1. The highest BCUT2D eigenvalue weighted by Crippen LogP contribution is 2.41. The van der Waals surface area contributed by atoms with Gasteiger partial charge in [-0.05, 0) is 12.8 Å². The van der Waals surface area contributed by atoms with Crippen LogP contribution in [0.15, 0.2) is 5.16 Å². The van der Waals surface area contributed by atoms with Gasteiger partial charge in [0, 0.05) is 6.54 Å². The van der Waals surface area contributed by atoms with Gasteiger partial charge in [-0.25, -0.2) is 0 Å². The number of halogens is 3. The average molecular weight is 283 g/mol. The topological polar surface area (TPSA) is 96.9 Å². The van der Waals surface area contributed by atoms with E-state index in [1.165, 1.54) is 0 Å². The summed E-state index contributed by atoms with van der Waals surface area (Å²) in [5.74, 6) is -0.628. The lowest BCUT2D eigenvalue weighted by Crippen LogP contribution is -2.54. The Morgan fingerprint density at radius 3 is 2.53 bits per heavy atom. The molecule has 110 valence electrons. The third-order valence-corrected chi connectivity index (χ3v) is 3.04. The molecule has 4 N–H and O–H groups in total. The van der Waals surface area contributed by atoms with Gasteiger partial charge in [0.05, 0.1) is 6.61 Å². The summed E-state index contributed by atoms with van der Waals surface area (Å²) in [4.78, 5) is 11.8. The standard InChI is InChI=1S/C10H16F3N3O3/c11-10(12,13)6-19-5-4-15-8(17)9(2-1-3-9)7(14)16-18/h18H,1-6H2,(H2,14,16)(H,15,17). The summed E-state index contributed by atoms with van der Waals surface area (Å²) in [6.07, 6.45) is -2.70. The molecule has 0 aliphatic heterocycles. The molecule has 0 spiro atoms. The number of nitrogens with one attached hydrogen (secondary N) is 1. The van der Waals surface area contributed by atoms with Gasteiger partial charge in [-0.2, -0.15) is 13.2 Å². The Morgan fingerprint density at radius 2 is 2.11 bits per heavy atom. The Hall–Kier alpha value is -1.51. The molecule has 1 fully saturated rings. The molecule has 0 aromatic heterocycles. The van der Waals surface area contributed by atoms with Gasteiger partial charge < -0.3 is 21.0 Å². The largest absolute Gasteiger partial charge is 0.411 e. The van der Waals surface area contributed by atoms with E-state index in [2.05, 4.69) is 15.2 Å². The van der Waals surface area contributed by atoms with Crippen molar-refractivity contribution in [1.82, 2.24) is 5.32 Å². The summed E-state index contributed by atoms with van der Waals surface area (Å²) < 4.78 is 39.7. The lowest BCUT2D eigenvalue weighted by Gasteiger charge is -2.38. The lowest BCUT2D eigenvalue weighted by atomic mass is 9.67. The first-order chi connectivity index (χ1) is 8.82. The monoisotopic (exact) mass is 283 g/mol. The highest BCUT2D eigenvalue weighted by atomic mass is 19.4. The summed E-state index contributed by atoms with van der Waals surface area (Å²) in [5, 5.41) is 13.9. The van der Waals surface area contributed by atoms with Gasteiger partial charge in [0.25, 0.3) is 0 Å². The van der Waals surface area contributed by atoms with E-state index in [1.54, 1.807) is 0 Å². The Bertz CT molecular complexity index is 354. The maximum atomic E-state index is 11.8. The number of alkyl halides is 3. The molecule has 1 saturated carbocycles. The normalized spacial score (nSPS) is 18.8. The minimum Gasteiger partial charge on any atom is -0.409 e. The summed E-state index contributed by atoms with van der Waals surface area (Å²) in [7, 11) is 0. The third kappa shape index (κ3) is 3.98. The first-order valence-corrected chi connectivity index (χ1v) is 5.72. The second-order valence-electron chi connectivity index (χ2n) is 4.34. The zero-order valence-corrected chi connectivity index (χ0v) is 10.2. The highest BCUT2D eigenvalue weighted by molar-refractivity contribution is 6.07. The van der Waals surface area contributed by atoms with E-state index < -0.39 is 24.1 Å². The molecule has 19 heavy (non-hydrogen) atoms. The van der Waals surface area contributed by atoms with Crippen molar-refractivity contribution in [2.75, 3.05) is 19.8 Å². The van der Waals surface area contributed by atoms with Crippen LogP contribution in [0.1, 0.15) is 19.3 Å². The van der Waals surface area contributed by atoms with Gasteiger partial charge in [-0.3, -0.25) is 4.79 Å². The lowest BCUT2D eigenvalue weighted by molar-refractivity contribution is -0.173. The summed E-state index contributed by atoms with van der Waals surface area (Å²) in [6, 6.07) is 0. The van der Waals surface area contributed by atoms with Gasteiger partial charge in [-0.15, -0.1) is 0 Å². The second-order valence-corrected chi connectivity index (χ2v) is 4.34. The molecule has 0 aromatic carbocycles. The van der Waals surface area contributed by atoms with E-state index >= 15 is 0 Å². The number of carbonyl (C=O) groups excluding carboxylic acids is 1. The van der Waals surface area contributed by atoms with Crippen LogP contribution in [0.5, 0.6) is 0 Å². The molecular weight excluding hydrogens is 267 g/mol. The number of amides is 1. The number of nitrogens with zero attached hydrogens (tertiary/aromatic N) is 1. The van der Waals surface area contributed by atoms with Crippen molar-refractivity contribution in [2.45, 2.75) is 25.4 Å². The van der Waals surface area contributed by atoms with Crippen LogP contribution in [0.2, 0.25) is 0 Å². The molecule has 0 unspecified atom stereocenters. The van der Waals surface area contributed by atoms with Gasteiger partial charge in [0.1, 0.15) is 12.0 Å². The number of rotatable bonds is 6. The van der Waals surface area contributed by atoms with Crippen LogP contribution in [0, 0.1) is 5.41 Å². The van der Waals surface area contributed by atoms with Crippen molar-refractivity contribution in [3.05, 3.63) is 0 Å². The molecule has 0 saturated heterocycles. The first-order valence-electron chi connectivity index (χ1n) is 5.72. The minimum absolute atomic E-state index is 0.0601. The second kappa shape index (κ2) is 6.09. The van der Waals surface area contributed by atoms with Crippen LogP contribution in [0.25, 0.3) is 0 Å². The smallest absolute Gasteiger partial charge is 0.409 e. The molecule has 0 atom stereocenters. The molecular formula is C10H16F3N3O3. The zero-order chi connectivity index (χ0) is 14.5. The summed E-state index contributed by atoms with van der Waals surface area (Å²) >= 11 is 0. The number of hydrogen-bond acceptors (Lipinski definition) is 4. The zero-order valence-electron chi connectivity index (χ0n) is 10.2. The highest BCUT2D eigenvalue weighted by Gasteiger charge is 2.48. The molecule has 0 bridgehead atoms. The maximum absolute atomic E-state index is 11.8. The van der Waals surface area contributed by atoms with Crippen molar-refractivity contribution in [2.24, 2.45) is 16.3 Å². The fraction of sp³-hybridized carbons (Fsp3) is 0.800. The van der Waals surface area contributed by atoms with Crippen LogP contribution in [-0.2, 0) is 9.53 Å². The molecule has 1 amide bonds. The molecule has 6 nitrogen and oxygen atoms in total. The van der Waals surface area contributed by atoms with Crippen LogP contribution in [0.4, 0.5) is 13.2 Å². The predicted octanol–water partition coefficient (Wildman–Crippen LogP) is 0.598.